The van der Waals surface area contributed by atoms with Crippen LogP contribution in [0.1, 0.15) is 25.7 Å². The molecule has 1 aromatic carbocycles. The molecule has 5 heteroatoms. The Morgan fingerprint density at radius 2 is 2.29 bits per heavy atom. The Hall–Kier alpha value is -1.46. The van der Waals surface area contributed by atoms with Crippen LogP contribution in [0.5, 0.6) is 0 Å². The maximum absolute atomic E-state index is 13.1. The number of nitrogens with one attached hydrogen (secondary N) is 2. The second-order valence-corrected chi connectivity index (χ2v) is 5.94. The fourth-order valence-corrected chi connectivity index (χ4v) is 3.50. The van der Waals surface area contributed by atoms with Crippen LogP contribution in [0.15, 0.2) is 24.3 Å². The van der Waals surface area contributed by atoms with Gasteiger partial charge in [-0.2, -0.15) is 0 Å². The van der Waals surface area contributed by atoms with Gasteiger partial charge in [0, 0.05) is 17.8 Å². The molecular weight excluding hydrogens is 269 g/mol. The Morgan fingerprint density at radius 3 is 3.05 bits per heavy atom. The summed E-state index contributed by atoms with van der Waals surface area (Å²) < 4.78 is 13.1. The monoisotopic (exact) mass is 291 g/mol. The van der Waals surface area contributed by atoms with Gasteiger partial charge in [-0.3, -0.25) is 9.69 Å². The number of likely N-dealkylation sites (tertiary alicyclic amines) is 1. The molecular formula is C16H22FN3O. The lowest BCUT2D eigenvalue weighted by Gasteiger charge is -2.28. The van der Waals surface area contributed by atoms with Crippen molar-refractivity contribution in [2.75, 3.05) is 25.0 Å². The maximum atomic E-state index is 13.1. The highest BCUT2D eigenvalue weighted by Gasteiger charge is 2.33. The van der Waals surface area contributed by atoms with E-state index in [0.717, 1.165) is 25.9 Å². The molecule has 1 amide bonds. The second kappa shape index (κ2) is 6.54. The van der Waals surface area contributed by atoms with E-state index < -0.39 is 0 Å². The van der Waals surface area contributed by atoms with Gasteiger partial charge in [0.2, 0.25) is 5.91 Å². The van der Waals surface area contributed by atoms with Crippen LogP contribution in [0.4, 0.5) is 10.1 Å². The number of nitrogens with zero attached hydrogens (tertiary/aromatic N) is 1. The van der Waals surface area contributed by atoms with Crippen LogP contribution < -0.4 is 10.6 Å². The molecule has 4 nitrogen and oxygen atoms in total. The fourth-order valence-electron chi connectivity index (χ4n) is 3.50. The first-order valence-corrected chi connectivity index (χ1v) is 7.75. The molecule has 2 N–H and O–H groups in total. The van der Waals surface area contributed by atoms with Crippen molar-refractivity contribution in [3.63, 3.8) is 0 Å². The molecule has 2 heterocycles. The van der Waals surface area contributed by atoms with Gasteiger partial charge in [0.25, 0.3) is 0 Å². The highest BCUT2D eigenvalue weighted by Crippen LogP contribution is 2.24. The number of hydrogen-bond acceptors (Lipinski definition) is 3. The van der Waals surface area contributed by atoms with Gasteiger partial charge in [0.15, 0.2) is 0 Å². The molecule has 0 aromatic heterocycles. The van der Waals surface area contributed by atoms with E-state index in [-0.39, 0.29) is 11.7 Å². The molecule has 0 radical (unpaired) electrons. The largest absolute Gasteiger partial charge is 0.325 e. The third-order valence-corrected chi connectivity index (χ3v) is 4.43. The van der Waals surface area contributed by atoms with E-state index in [1.165, 1.54) is 25.0 Å². The minimum atomic E-state index is -0.331. The van der Waals surface area contributed by atoms with E-state index in [4.69, 9.17) is 0 Å². The minimum absolute atomic E-state index is 0.0644. The van der Waals surface area contributed by atoms with Crippen LogP contribution in [-0.4, -0.2) is 42.5 Å². The van der Waals surface area contributed by atoms with Crippen molar-refractivity contribution in [3.8, 4) is 0 Å². The number of rotatable bonds is 4. The minimum Gasteiger partial charge on any atom is -0.325 e. The summed E-state index contributed by atoms with van der Waals surface area (Å²) in [6.45, 7) is 2.45. The van der Waals surface area contributed by atoms with Gasteiger partial charge >= 0.3 is 0 Å². The van der Waals surface area contributed by atoms with Crippen LogP contribution in [0, 0.1) is 5.82 Å². The topological polar surface area (TPSA) is 44.4 Å². The summed E-state index contributed by atoms with van der Waals surface area (Å²) in [5.74, 6) is -0.396. The highest BCUT2D eigenvalue weighted by molar-refractivity contribution is 5.92. The molecule has 2 saturated heterocycles. The lowest BCUT2D eigenvalue weighted by Crippen LogP contribution is -2.46. The molecule has 0 bridgehead atoms. The number of benzene rings is 1. The highest BCUT2D eigenvalue weighted by atomic mass is 19.1. The summed E-state index contributed by atoms with van der Waals surface area (Å²) in [7, 11) is 0. The maximum Gasteiger partial charge on any atom is 0.238 e. The SMILES string of the molecule is O=C(CN1CCCC1C1CCCN1)Nc1cccc(F)c1. The zero-order valence-electron chi connectivity index (χ0n) is 12.1. The van der Waals surface area contributed by atoms with E-state index in [2.05, 4.69) is 15.5 Å². The van der Waals surface area contributed by atoms with Crippen molar-refractivity contribution in [2.45, 2.75) is 37.8 Å². The van der Waals surface area contributed by atoms with E-state index in [9.17, 15) is 9.18 Å². The molecule has 0 spiro atoms. The van der Waals surface area contributed by atoms with Gasteiger partial charge in [-0.15, -0.1) is 0 Å². The number of halogens is 1. The van der Waals surface area contributed by atoms with Crippen molar-refractivity contribution in [3.05, 3.63) is 30.1 Å². The van der Waals surface area contributed by atoms with Crippen LogP contribution in [-0.2, 0) is 4.79 Å². The van der Waals surface area contributed by atoms with Crippen LogP contribution in [0.25, 0.3) is 0 Å². The van der Waals surface area contributed by atoms with E-state index >= 15 is 0 Å². The first-order valence-electron chi connectivity index (χ1n) is 7.75. The van der Waals surface area contributed by atoms with E-state index in [1.807, 2.05) is 0 Å². The van der Waals surface area contributed by atoms with Gasteiger partial charge < -0.3 is 10.6 Å². The lowest BCUT2D eigenvalue weighted by molar-refractivity contribution is -0.117. The molecule has 2 fully saturated rings. The second-order valence-electron chi connectivity index (χ2n) is 5.94. The van der Waals surface area contributed by atoms with Crippen molar-refractivity contribution >= 4 is 11.6 Å². The third kappa shape index (κ3) is 3.60. The first kappa shape index (κ1) is 14.5. The van der Waals surface area contributed by atoms with Gasteiger partial charge in [-0.25, -0.2) is 4.39 Å². The van der Waals surface area contributed by atoms with Crippen molar-refractivity contribution < 1.29 is 9.18 Å². The number of carbonyl (C=O) groups excluding carboxylic acids is 1. The molecule has 2 unspecified atom stereocenters. The molecule has 2 aliphatic heterocycles. The molecule has 21 heavy (non-hydrogen) atoms. The van der Waals surface area contributed by atoms with Crippen LogP contribution >= 0.6 is 0 Å². The summed E-state index contributed by atoms with van der Waals surface area (Å²) in [6.07, 6.45) is 4.73. The molecule has 2 aliphatic rings. The van der Waals surface area contributed by atoms with Crippen molar-refractivity contribution in [1.29, 1.82) is 0 Å². The smallest absolute Gasteiger partial charge is 0.238 e. The number of hydrogen-bond donors (Lipinski definition) is 2. The van der Waals surface area contributed by atoms with E-state index in [0.29, 0.717) is 24.3 Å². The van der Waals surface area contributed by atoms with Gasteiger partial charge in [-0.05, 0) is 57.0 Å². The average Bonchev–Trinajstić information content (AvgIpc) is 3.08. The summed E-state index contributed by atoms with van der Waals surface area (Å²) in [5, 5.41) is 6.32. The van der Waals surface area contributed by atoms with Crippen molar-refractivity contribution in [2.24, 2.45) is 0 Å². The number of amides is 1. The Kier molecular flexibility index (Phi) is 4.51. The van der Waals surface area contributed by atoms with Crippen molar-refractivity contribution in [1.82, 2.24) is 10.2 Å². The molecule has 0 aliphatic carbocycles. The van der Waals surface area contributed by atoms with Gasteiger partial charge in [0.1, 0.15) is 5.82 Å². The number of anilines is 1. The first-order chi connectivity index (χ1) is 10.2. The van der Waals surface area contributed by atoms with Crippen LogP contribution in [0.3, 0.4) is 0 Å². The Labute approximate surface area is 124 Å². The zero-order chi connectivity index (χ0) is 14.7. The van der Waals surface area contributed by atoms with Crippen LogP contribution in [0.2, 0.25) is 0 Å². The predicted octanol–water partition coefficient (Wildman–Crippen LogP) is 1.98. The normalized spacial score (nSPS) is 26.1. The lowest BCUT2D eigenvalue weighted by atomic mass is 10.0. The summed E-state index contributed by atoms with van der Waals surface area (Å²) in [6, 6.07) is 7.02. The molecule has 114 valence electrons. The zero-order valence-corrected chi connectivity index (χ0v) is 12.1. The molecule has 2 atom stereocenters. The molecule has 1 aromatic rings. The predicted molar refractivity (Wildman–Crippen MR) is 80.6 cm³/mol. The molecule has 0 saturated carbocycles. The summed E-state index contributed by atoms with van der Waals surface area (Å²) in [5.41, 5.74) is 0.523. The van der Waals surface area contributed by atoms with E-state index in [1.54, 1.807) is 12.1 Å². The Bertz CT molecular complexity index is 502. The Balaban J connectivity index is 1.56. The van der Waals surface area contributed by atoms with Gasteiger partial charge in [-0.1, -0.05) is 6.07 Å². The quantitative estimate of drug-likeness (QED) is 0.891. The number of carbonyl (C=O) groups is 1. The van der Waals surface area contributed by atoms with Gasteiger partial charge in [0.05, 0.1) is 6.54 Å². The fraction of sp³-hybridized carbons (Fsp3) is 0.562. The Morgan fingerprint density at radius 1 is 1.38 bits per heavy atom. The standard InChI is InChI=1S/C16H22FN3O/c17-12-4-1-5-13(10-12)19-16(21)11-20-9-3-7-15(20)14-6-2-8-18-14/h1,4-5,10,14-15,18H,2-3,6-9,11H2,(H,19,21). The summed E-state index contributed by atoms with van der Waals surface area (Å²) in [4.78, 5) is 14.4. The molecule has 3 rings (SSSR count). The third-order valence-electron chi connectivity index (χ3n) is 4.43. The summed E-state index contributed by atoms with van der Waals surface area (Å²) >= 11 is 0. The average molecular weight is 291 g/mol.